The van der Waals surface area contributed by atoms with Crippen LogP contribution in [0.2, 0.25) is 0 Å². The summed E-state index contributed by atoms with van der Waals surface area (Å²) in [5, 5.41) is 0. The van der Waals surface area contributed by atoms with Gasteiger partial charge < -0.3 is 52.3 Å². The van der Waals surface area contributed by atoms with Crippen LogP contribution in [0.3, 0.4) is 0 Å². The van der Waals surface area contributed by atoms with Crippen molar-refractivity contribution in [3.63, 3.8) is 0 Å². The Kier molecular flexibility index (Phi) is 26.9. The van der Waals surface area contributed by atoms with Gasteiger partial charge in [0.2, 0.25) is 0 Å². The third-order valence-electron chi connectivity index (χ3n) is 8.37. The van der Waals surface area contributed by atoms with Gasteiger partial charge in [-0.3, -0.25) is 0 Å². The van der Waals surface area contributed by atoms with Crippen LogP contribution in [0.4, 0.5) is 4.79 Å². The van der Waals surface area contributed by atoms with Crippen LogP contribution in [0, 0.1) is 0 Å². The molecule has 13 heteroatoms. The van der Waals surface area contributed by atoms with Gasteiger partial charge in [0.1, 0.15) is 6.61 Å². The summed E-state index contributed by atoms with van der Waals surface area (Å²) in [5.74, 6) is 0.0420. The molecule has 1 amide bonds. The number of nitrogens with zero attached hydrogens (tertiary/aromatic N) is 1. The summed E-state index contributed by atoms with van der Waals surface area (Å²) in [6.45, 7) is 10.2. The SMILES string of the molecule is CN(CCOCCOCCOCCOCCOCCOCCOCCOCCOCCCCCCI)C(=O)OCC1c2ccccc2-c2ccccc21. The molecule has 0 N–H and O–H groups in total. The fraction of sp³-hybridized carbons (Fsp3) is 0.675. The number of alkyl halides is 1. The van der Waals surface area contributed by atoms with Gasteiger partial charge in [-0.25, -0.2) is 4.79 Å². The van der Waals surface area contributed by atoms with E-state index in [2.05, 4.69) is 46.9 Å². The van der Waals surface area contributed by atoms with Gasteiger partial charge in [-0.1, -0.05) is 84.0 Å². The van der Waals surface area contributed by atoms with E-state index in [1.54, 1.807) is 7.05 Å². The van der Waals surface area contributed by atoms with E-state index < -0.39 is 0 Å². The first-order valence-corrected chi connectivity index (χ1v) is 20.6. The van der Waals surface area contributed by atoms with Crippen molar-refractivity contribution in [2.45, 2.75) is 31.6 Å². The molecule has 3 rings (SSSR count). The Hall–Kier alpha value is -1.92. The van der Waals surface area contributed by atoms with E-state index >= 15 is 0 Å². The lowest BCUT2D eigenvalue weighted by molar-refractivity contribution is -0.0252. The molecule has 12 nitrogen and oxygen atoms in total. The quantitative estimate of drug-likeness (QED) is 0.0462. The largest absolute Gasteiger partial charge is 0.448 e. The third kappa shape index (κ3) is 20.5. The predicted octanol–water partition coefficient (Wildman–Crippen LogP) is 6.01. The second-order valence-corrected chi connectivity index (χ2v) is 13.4. The fourth-order valence-electron chi connectivity index (χ4n) is 5.51. The topological polar surface area (TPSA) is 113 Å². The van der Waals surface area contributed by atoms with E-state index in [4.69, 9.17) is 47.4 Å². The maximum absolute atomic E-state index is 12.6. The molecule has 0 saturated heterocycles. The first kappa shape index (κ1) is 45.5. The second kappa shape index (κ2) is 31.3. The lowest BCUT2D eigenvalue weighted by atomic mass is 9.98. The van der Waals surface area contributed by atoms with Crippen LogP contribution in [0.5, 0.6) is 0 Å². The van der Waals surface area contributed by atoms with Gasteiger partial charge in [0.15, 0.2) is 0 Å². The summed E-state index contributed by atoms with van der Waals surface area (Å²) in [4.78, 5) is 14.1. The molecule has 0 radical (unpaired) electrons. The van der Waals surface area contributed by atoms with Gasteiger partial charge in [-0.2, -0.15) is 0 Å². The summed E-state index contributed by atoms with van der Waals surface area (Å²) in [6.07, 6.45) is 4.60. The summed E-state index contributed by atoms with van der Waals surface area (Å²) in [7, 11) is 1.72. The molecular formula is C40H62INO11. The standard InChI is InChI=1S/C40H62INO11/c1-42(40(43)53-34-39-37-12-6-4-10-35(37)36-11-5-7-13-38(36)39)15-17-45-19-21-47-23-25-49-27-29-51-31-33-52-32-30-50-28-26-48-24-22-46-20-18-44-16-9-3-2-8-14-41/h4-7,10-13,39H,2-3,8-9,14-34H2,1H3. The van der Waals surface area contributed by atoms with Gasteiger partial charge >= 0.3 is 6.09 Å². The smallest absolute Gasteiger partial charge is 0.409 e. The molecule has 0 saturated carbocycles. The molecule has 0 aromatic heterocycles. The molecule has 1 aliphatic carbocycles. The zero-order valence-corrected chi connectivity index (χ0v) is 33.8. The summed E-state index contributed by atoms with van der Waals surface area (Å²) in [5.41, 5.74) is 4.81. The number of carbonyl (C=O) groups excluding carboxylic acids is 1. The van der Waals surface area contributed by atoms with Crippen LogP contribution in [-0.4, -0.2) is 155 Å². The number of benzene rings is 2. The minimum Gasteiger partial charge on any atom is -0.448 e. The number of ether oxygens (including phenoxy) is 10. The molecule has 0 unspecified atom stereocenters. The highest BCUT2D eigenvalue weighted by Crippen LogP contribution is 2.44. The Morgan fingerprint density at radius 1 is 0.509 bits per heavy atom. The highest BCUT2D eigenvalue weighted by Gasteiger charge is 2.29. The lowest BCUT2D eigenvalue weighted by Crippen LogP contribution is -2.32. The van der Waals surface area contributed by atoms with Crippen molar-refractivity contribution >= 4 is 28.7 Å². The molecule has 0 fully saturated rings. The molecular weight excluding hydrogens is 797 g/mol. The van der Waals surface area contributed by atoms with Crippen molar-refractivity contribution in [3.05, 3.63) is 59.7 Å². The molecule has 1 aliphatic rings. The molecule has 300 valence electrons. The van der Waals surface area contributed by atoms with Crippen molar-refractivity contribution in [2.24, 2.45) is 0 Å². The monoisotopic (exact) mass is 859 g/mol. The number of hydrogen-bond acceptors (Lipinski definition) is 11. The van der Waals surface area contributed by atoms with Gasteiger partial charge in [-0.15, -0.1) is 0 Å². The van der Waals surface area contributed by atoms with Crippen molar-refractivity contribution < 1.29 is 52.2 Å². The molecule has 0 heterocycles. The Bertz CT molecular complexity index is 1150. The number of hydrogen-bond donors (Lipinski definition) is 0. The third-order valence-corrected chi connectivity index (χ3v) is 9.13. The molecule has 0 spiro atoms. The Morgan fingerprint density at radius 3 is 1.28 bits per heavy atom. The van der Waals surface area contributed by atoms with Crippen LogP contribution < -0.4 is 0 Å². The minimum atomic E-state index is -0.360. The number of fused-ring (bicyclic) bond motifs is 3. The summed E-state index contributed by atoms with van der Waals surface area (Å²) < 4.78 is 56.7. The molecule has 2 aromatic rings. The Labute approximate surface area is 330 Å². The number of halogens is 1. The average molecular weight is 860 g/mol. The predicted molar refractivity (Wildman–Crippen MR) is 212 cm³/mol. The van der Waals surface area contributed by atoms with Gasteiger partial charge in [0.05, 0.1) is 112 Å². The van der Waals surface area contributed by atoms with Crippen LogP contribution in [0.15, 0.2) is 48.5 Å². The molecule has 0 bridgehead atoms. The number of likely N-dealkylation sites (N-methyl/N-ethyl adjacent to an activating group) is 1. The van der Waals surface area contributed by atoms with Gasteiger partial charge in [-0.05, 0) is 39.5 Å². The maximum Gasteiger partial charge on any atom is 0.409 e. The van der Waals surface area contributed by atoms with E-state index in [-0.39, 0.29) is 12.0 Å². The van der Waals surface area contributed by atoms with Crippen molar-refractivity contribution in [2.75, 3.05) is 144 Å². The molecule has 53 heavy (non-hydrogen) atoms. The molecule has 0 aliphatic heterocycles. The van der Waals surface area contributed by atoms with Crippen LogP contribution in [-0.2, 0) is 47.4 Å². The van der Waals surface area contributed by atoms with E-state index in [9.17, 15) is 4.79 Å². The number of amides is 1. The summed E-state index contributed by atoms with van der Waals surface area (Å²) in [6, 6.07) is 16.6. The first-order valence-electron chi connectivity index (χ1n) is 19.0. The van der Waals surface area contributed by atoms with Crippen molar-refractivity contribution in [3.8, 4) is 11.1 Å². The Morgan fingerprint density at radius 2 is 0.868 bits per heavy atom. The average Bonchev–Trinajstić information content (AvgIpc) is 3.50. The van der Waals surface area contributed by atoms with E-state index in [1.807, 2.05) is 24.3 Å². The van der Waals surface area contributed by atoms with Crippen molar-refractivity contribution in [1.29, 1.82) is 0 Å². The number of unbranched alkanes of at least 4 members (excludes halogenated alkanes) is 3. The zero-order chi connectivity index (χ0) is 37.4. The molecule has 0 atom stereocenters. The summed E-state index contributed by atoms with van der Waals surface area (Å²) >= 11 is 2.42. The maximum atomic E-state index is 12.6. The zero-order valence-electron chi connectivity index (χ0n) is 31.7. The van der Waals surface area contributed by atoms with E-state index in [0.717, 1.165) is 13.0 Å². The van der Waals surface area contributed by atoms with Crippen molar-refractivity contribution in [1.82, 2.24) is 4.90 Å². The number of carbonyl (C=O) groups is 1. The fourth-order valence-corrected chi connectivity index (χ4v) is 6.05. The van der Waals surface area contributed by atoms with E-state index in [1.165, 1.54) is 50.8 Å². The van der Waals surface area contributed by atoms with Crippen LogP contribution in [0.25, 0.3) is 11.1 Å². The lowest BCUT2D eigenvalue weighted by Gasteiger charge is -2.19. The van der Waals surface area contributed by atoms with Gasteiger partial charge in [0.25, 0.3) is 0 Å². The normalized spacial score (nSPS) is 12.3. The first-order chi connectivity index (χ1) is 26.2. The highest BCUT2D eigenvalue weighted by molar-refractivity contribution is 14.1. The number of rotatable bonds is 35. The minimum absolute atomic E-state index is 0.0420. The molecule has 2 aromatic carbocycles. The second-order valence-electron chi connectivity index (χ2n) is 12.3. The highest BCUT2D eigenvalue weighted by atomic mass is 127. The van der Waals surface area contributed by atoms with Crippen LogP contribution >= 0.6 is 22.6 Å². The Balaban J connectivity index is 0.980. The van der Waals surface area contributed by atoms with Gasteiger partial charge in [0, 0.05) is 26.1 Å². The van der Waals surface area contributed by atoms with E-state index in [0.29, 0.717) is 125 Å². The van der Waals surface area contributed by atoms with Crippen LogP contribution in [0.1, 0.15) is 42.7 Å².